The summed E-state index contributed by atoms with van der Waals surface area (Å²) in [5.74, 6) is 0.651. The van der Waals surface area contributed by atoms with Crippen LogP contribution in [0.2, 0.25) is 0 Å². The maximum Gasteiger partial charge on any atom is 0.149 e. The first-order chi connectivity index (χ1) is 8.75. The van der Waals surface area contributed by atoms with Gasteiger partial charge in [-0.25, -0.2) is 9.37 Å². The maximum atomic E-state index is 13.9. The predicted octanol–water partition coefficient (Wildman–Crippen LogP) is 1.19. The largest absolute Gasteiger partial charge is 0.314 e. The Bertz CT molecular complexity index is 557. The minimum absolute atomic E-state index is 0.191. The van der Waals surface area contributed by atoms with Crippen molar-refractivity contribution < 1.29 is 4.39 Å². The molecule has 0 atom stereocenters. The Hall–Kier alpha value is -1.46. The van der Waals surface area contributed by atoms with Crippen LogP contribution >= 0.6 is 0 Å². The second kappa shape index (κ2) is 4.66. The van der Waals surface area contributed by atoms with Crippen LogP contribution in [0.1, 0.15) is 11.5 Å². The fourth-order valence-corrected chi connectivity index (χ4v) is 2.52. The van der Waals surface area contributed by atoms with Crippen LogP contribution in [0.4, 0.5) is 4.39 Å². The van der Waals surface area contributed by atoms with E-state index in [9.17, 15) is 4.39 Å². The summed E-state index contributed by atoms with van der Waals surface area (Å²) in [7, 11) is 0. The van der Waals surface area contributed by atoms with E-state index in [-0.39, 0.29) is 5.82 Å². The number of nitrogens with zero attached hydrogens (tertiary/aromatic N) is 3. The minimum Gasteiger partial charge on any atom is -0.314 e. The Balaban J connectivity index is 1.96. The number of aromatic nitrogens is 2. The summed E-state index contributed by atoms with van der Waals surface area (Å²) >= 11 is 0. The molecule has 1 aliphatic heterocycles. The summed E-state index contributed by atoms with van der Waals surface area (Å²) in [4.78, 5) is 6.82. The molecule has 1 aliphatic rings. The molecule has 0 aromatic carbocycles. The van der Waals surface area contributed by atoms with E-state index >= 15 is 0 Å². The highest BCUT2D eigenvalue weighted by atomic mass is 19.1. The molecule has 2 aromatic rings. The fourth-order valence-electron chi connectivity index (χ4n) is 2.52. The summed E-state index contributed by atoms with van der Waals surface area (Å²) in [5.41, 5.74) is 1.46. The lowest BCUT2D eigenvalue weighted by Gasteiger charge is -2.26. The lowest BCUT2D eigenvalue weighted by molar-refractivity contribution is 0.231. The molecule has 3 rings (SSSR count). The molecule has 4 nitrogen and oxygen atoms in total. The van der Waals surface area contributed by atoms with Crippen LogP contribution in [-0.2, 0) is 6.54 Å². The SMILES string of the molecule is Cc1nc(CN2CCNCC2)c2c(F)cccn12. The number of imidazole rings is 1. The van der Waals surface area contributed by atoms with Gasteiger partial charge in [-0.2, -0.15) is 0 Å². The molecule has 0 amide bonds. The van der Waals surface area contributed by atoms with Gasteiger partial charge in [0.2, 0.25) is 0 Å². The molecular weight excluding hydrogens is 231 g/mol. The third-order valence-electron chi connectivity index (χ3n) is 3.45. The number of nitrogens with one attached hydrogen (secondary N) is 1. The average molecular weight is 248 g/mol. The van der Waals surface area contributed by atoms with Crippen molar-refractivity contribution in [3.63, 3.8) is 0 Å². The van der Waals surface area contributed by atoms with Gasteiger partial charge in [-0.1, -0.05) is 0 Å². The van der Waals surface area contributed by atoms with Gasteiger partial charge in [-0.3, -0.25) is 4.90 Å². The Morgan fingerprint density at radius 2 is 2.17 bits per heavy atom. The number of rotatable bonds is 2. The van der Waals surface area contributed by atoms with Crippen LogP contribution in [0.15, 0.2) is 18.3 Å². The molecule has 0 bridgehead atoms. The Kier molecular flexibility index (Phi) is 3.01. The highest BCUT2D eigenvalue weighted by molar-refractivity contribution is 5.54. The van der Waals surface area contributed by atoms with Crippen LogP contribution in [-0.4, -0.2) is 40.5 Å². The lowest BCUT2D eigenvalue weighted by Crippen LogP contribution is -2.43. The quantitative estimate of drug-likeness (QED) is 0.866. The molecule has 96 valence electrons. The molecular formula is C13H17FN4. The highest BCUT2D eigenvalue weighted by Crippen LogP contribution is 2.18. The van der Waals surface area contributed by atoms with Crippen LogP contribution < -0.4 is 5.32 Å². The first kappa shape index (κ1) is 11.6. The van der Waals surface area contributed by atoms with Crippen molar-refractivity contribution in [2.75, 3.05) is 26.2 Å². The molecule has 0 radical (unpaired) electrons. The fraction of sp³-hybridized carbons (Fsp3) is 0.462. The first-order valence-electron chi connectivity index (χ1n) is 6.31. The third kappa shape index (κ3) is 2.00. The highest BCUT2D eigenvalue weighted by Gasteiger charge is 2.16. The van der Waals surface area contributed by atoms with E-state index in [0.29, 0.717) is 5.52 Å². The molecule has 0 unspecified atom stereocenters. The van der Waals surface area contributed by atoms with Crippen LogP contribution in [0.25, 0.3) is 5.52 Å². The lowest BCUT2D eigenvalue weighted by atomic mass is 10.2. The maximum absolute atomic E-state index is 13.9. The second-order valence-electron chi connectivity index (χ2n) is 4.71. The van der Waals surface area contributed by atoms with Crippen molar-refractivity contribution in [2.24, 2.45) is 0 Å². The molecule has 0 saturated carbocycles. The van der Waals surface area contributed by atoms with E-state index in [2.05, 4.69) is 15.2 Å². The molecule has 0 spiro atoms. The van der Waals surface area contributed by atoms with E-state index in [4.69, 9.17) is 0 Å². The number of fused-ring (bicyclic) bond motifs is 1. The zero-order valence-corrected chi connectivity index (χ0v) is 10.5. The summed E-state index contributed by atoms with van der Waals surface area (Å²) in [5, 5.41) is 3.31. The van der Waals surface area contributed by atoms with Gasteiger partial charge in [0.05, 0.1) is 5.69 Å². The number of hydrogen-bond donors (Lipinski definition) is 1. The van der Waals surface area contributed by atoms with Crippen molar-refractivity contribution >= 4 is 5.52 Å². The average Bonchev–Trinajstić information content (AvgIpc) is 2.69. The van der Waals surface area contributed by atoms with Crippen molar-refractivity contribution in [3.8, 4) is 0 Å². The number of piperazine rings is 1. The predicted molar refractivity (Wildman–Crippen MR) is 68.0 cm³/mol. The van der Waals surface area contributed by atoms with E-state index in [1.54, 1.807) is 6.07 Å². The number of halogens is 1. The van der Waals surface area contributed by atoms with Gasteiger partial charge in [0.1, 0.15) is 17.2 Å². The van der Waals surface area contributed by atoms with Crippen molar-refractivity contribution in [1.29, 1.82) is 0 Å². The van der Waals surface area contributed by atoms with Gasteiger partial charge in [0.25, 0.3) is 0 Å². The normalized spacial score (nSPS) is 17.4. The van der Waals surface area contributed by atoms with Gasteiger partial charge >= 0.3 is 0 Å². The van der Waals surface area contributed by atoms with Gasteiger partial charge in [0.15, 0.2) is 0 Å². The van der Waals surface area contributed by atoms with E-state index in [1.165, 1.54) is 6.07 Å². The zero-order valence-electron chi connectivity index (χ0n) is 10.5. The monoisotopic (exact) mass is 248 g/mol. The summed E-state index contributed by atoms with van der Waals surface area (Å²) < 4.78 is 15.7. The standard InChI is InChI=1S/C13H17FN4/c1-10-16-12(9-17-7-4-15-5-8-17)13-11(14)3-2-6-18(10)13/h2-3,6,15H,4-5,7-9H2,1H3. The summed E-state index contributed by atoms with van der Waals surface area (Å²) in [6.45, 7) is 6.60. The molecule has 1 N–H and O–H groups in total. The number of aryl methyl sites for hydroxylation is 1. The van der Waals surface area contributed by atoms with Gasteiger partial charge < -0.3 is 9.72 Å². The Morgan fingerprint density at radius 1 is 1.39 bits per heavy atom. The van der Waals surface area contributed by atoms with Gasteiger partial charge in [-0.05, 0) is 19.1 Å². The summed E-state index contributed by atoms with van der Waals surface area (Å²) in [6, 6.07) is 3.21. The molecule has 18 heavy (non-hydrogen) atoms. The van der Waals surface area contributed by atoms with E-state index in [0.717, 1.165) is 44.2 Å². The van der Waals surface area contributed by atoms with Crippen molar-refractivity contribution in [2.45, 2.75) is 13.5 Å². The second-order valence-corrected chi connectivity index (χ2v) is 4.71. The van der Waals surface area contributed by atoms with E-state index in [1.807, 2.05) is 17.5 Å². The van der Waals surface area contributed by atoms with Crippen LogP contribution in [0.5, 0.6) is 0 Å². The Labute approximate surface area is 105 Å². The molecule has 1 saturated heterocycles. The number of hydrogen-bond acceptors (Lipinski definition) is 3. The molecule has 5 heteroatoms. The van der Waals surface area contributed by atoms with Crippen LogP contribution in [0.3, 0.4) is 0 Å². The van der Waals surface area contributed by atoms with Crippen molar-refractivity contribution in [1.82, 2.24) is 19.6 Å². The first-order valence-corrected chi connectivity index (χ1v) is 6.31. The van der Waals surface area contributed by atoms with E-state index < -0.39 is 0 Å². The smallest absolute Gasteiger partial charge is 0.149 e. The third-order valence-corrected chi connectivity index (χ3v) is 3.45. The molecule has 0 aliphatic carbocycles. The minimum atomic E-state index is -0.191. The number of pyridine rings is 1. The summed E-state index contributed by atoms with van der Waals surface area (Å²) in [6.07, 6.45) is 1.86. The van der Waals surface area contributed by atoms with Crippen molar-refractivity contribution in [3.05, 3.63) is 35.7 Å². The zero-order chi connectivity index (χ0) is 12.5. The topological polar surface area (TPSA) is 32.6 Å². The van der Waals surface area contributed by atoms with Gasteiger partial charge in [0, 0.05) is 38.9 Å². The molecule has 3 heterocycles. The molecule has 1 fully saturated rings. The Morgan fingerprint density at radius 3 is 2.94 bits per heavy atom. The van der Waals surface area contributed by atoms with Crippen LogP contribution in [0, 0.1) is 12.7 Å². The van der Waals surface area contributed by atoms with Gasteiger partial charge in [-0.15, -0.1) is 0 Å². The molecule has 2 aromatic heterocycles.